The number of nitrogens with zero attached hydrogens (tertiary/aromatic N) is 4. The molecular weight excluding hydrogens is 304 g/mol. The maximum Gasteiger partial charge on any atom is 0.130 e. The SMILES string of the molecule is CNc1cc([C@@H]2CN(Cc3cccnc3NC)CCO2)nc(C)n1. The van der Waals surface area contributed by atoms with Gasteiger partial charge in [0, 0.05) is 51.6 Å². The number of nitrogens with one attached hydrogen (secondary N) is 2. The minimum atomic E-state index is -0.0396. The van der Waals surface area contributed by atoms with Gasteiger partial charge in [0.2, 0.25) is 0 Å². The molecule has 0 aromatic carbocycles. The van der Waals surface area contributed by atoms with Crippen molar-refractivity contribution in [1.82, 2.24) is 19.9 Å². The third-order valence-electron chi connectivity index (χ3n) is 4.12. The summed E-state index contributed by atoms with van der Waals surface area (Å²) in [6, 6.07) is 6.04. The number of anilines is 2. The van der Waals surface area contributed by atoms with Crippen molar-refractivity contribution in [3.05, 3.63) is 41.5 Å². The van der Waals surface area contributed by atoms with Crippen molar-refractivity contribution >= 4 is 11.6 Å². The van der Waals surface area contributed by atoms with Crippen LogP contribution in [-0.2, 0) is 11.3 Å². The van der Waals surface area contributed by atoms with Gasteiger partial charge in [-0.15, -0.1) is 0 Å². The van der Waals surface area contributed by atoms with Gasteiger partial charge in [-0.1, -0.05) is 6.07 Å². The Morgan fingerprint density at radius 1 is 1.29 bits per heavy atom. The first-order valence-electron chi connectivity index (χ1n) is 8.18. The van der Waals surface area contributed by atoms with Crippen molar-refractivity contribution < 1.29 is 4.74 Å². The molecule has 1 fully saturated rings. The third-order valence-corrected chi connectivity index (χ3v) is 4.12. The molecule has 1 saturated heterocycles. The van der Waals surface area contributed by atoms with E-state index in [-0.39, 0.29) is 6.10 Å². The molecule has 7 nitrogen and oxygen atoms in total. The van der Waals surface area contributed by atoms with Crippen LogP contribution in [0, 0.1) is 6.92 Å². The van der Waals surface area contributed by atoms with Crippen LogP contribution in [0.4, 0.5) is 11.6 Å². The normalized spacial score (nSPS) is 18.4. The zero-order valence-corrected chi connectivity index (χ0v) is 14.4. The zero-order chi connectivity index (χ0) is 16.9. The Bertz CT molecular complexity index is 693. The maximum atomic E-state index is 5.95. The monoisotopic (exact) mass is 328 g/mol. The van der Waals surface area contributed by atoms with Crippen LogP contribution < -0.4 is 10.6 Å². The molecule has 1 atom stereocenters. The molecule has 3 rings (SSSR count). The number of ether oxygens (including phenoxy) is 1. The van der Waals surface area contributed by atoms with Crippen molar-refractivity contribution in [2.24, 2.45) is 0 Å². The third kappa shape index (κ3) is 3.80. The molecule has 7 heteroatoms. The second kappa shape index (κ2) is 7.55. The smallest absolute Gasteiger partial charge is 0.130 e. The molecular formula is C17H24N6O. The van der Waals surface area contributed by atoms with Crippen molar-refractivity contribution in [1.29, 1.82) is 0 Å². The summed E-state index contributed by atoms with van der Waals surface area (Å²) in [6.07, 6.45) is 1.77. The summed E-state index contributed by atoms with van der Waals surface area (Å²) in [7, 11) is 3.76. The summed E-state index contributed by atoms with van der Waals surface area (Å²) in [5.41, 5.74) is 2.12. The number of morpholine rings is 1. The summed E-state index contributed by atoms with van der Waals surface area (Å²) in [5.74, 6) is 2.50. The molecule has 1 aliphatic heterocycles. The molecule has 0 aliphatic carbocycles. The Morgan fingerprint density at radius 2 is 2.17 bits per heavy atom. The Hall–Kier alpha value is -2.25. The van der Waals surface area contributed by atoms with E-state index in [4.69, 9.17) is 4.74 Å². The van der Waals surface area contributed by atoms with E-state index >= 15 is 0 Å². The Morgan fingerprint density at radius 3 is 2.96 bits per heavy atom. The van der Waals surface area contributed by atoms with Gasteiger partial charge in [-0.05, 0) is 13.0 Å². The predicted octanol–water partition coefficient (Wildman–Crippen LogP) is 1.84. The lowest BCUT2D eigenvalue weighted by Crippen LogP contribution is -2.38. The van der Waals surface area contributed by atoms with Crippen LogP contribution in [0.2, 0.25) is 0 Å². The van der Waals surface area contributed by atoms with E-state index in [0.717, 1.165) is 42.8 Å². The van der Waals surface area contributed by atoms with Crippen molar-refractivity contribution in [2.45, 2.75) is 19.6 Å². The standard InChI is InChI=1S/C17H24N6O/c1-12-21-14(9-16(18-2)22-12)15-11-23(7-8-24-15)10-13-5-4-6-20-17(13)19-3/h4-6,9,15H,7-8,10-11H2,1-3H3,(H,19,20)(H,18,21,22)/t15-/m0/s1. The zero-order valence-electron chi connectivity index (χ0n) is 14.4. The van der Waals surface area contributed by atoms with Crippen LogP contribution in [0.1, 0.15) is 23.2 Å². The molecule has 0 bridgehead atoms. The topological polar surface area (TPSA) is 75.2 Å². The van der Waals surface area contributed by atoms with E-state index in [0.29, 0.717) is 6.61 Å². The molecule has 3 heterocycles. The van der Waals surface area contributed by atoms with Gasteiger partial charge >= 0.3 is 0 Å². The summed E-state index contributed by atoms with van der Waals surface area (Å²) in [5, 5.41) is 6.23. The lowest BCUT2D eigenvalue weighted by atomic mass is 10.1. The molecule has 2 N–H and O–H groups in total. The summed E-state index contributed by atoms with van der Waals surface area (Å²) >= 11 is 0. The highest BCUT2D eigenvalue weighted by molar-refractivity contribution is 5.43. The van der Waals surface area contributed by atoms with Crippen molar-refractivity contribution in [2.75, 3.05) is 44.4 Å². The average molecular weight is 328 g/mol. The maximum absolute atomic E-state index is 5.95. The van der Waals surface area contributed by atoms with Gasteiger partial charge in [-0.25, -0.2) is 15.0 Å². The molecule has 0 saturated carbocycles. The van der Waals surface area contributed by atoms with Crippen molar-refractivity contribution in [3.8, 4) is 0 Å². The highest BCUT2D eigenvalue weighted by Gasteiger charge is 2.24. The minimum absolute atomic E-state index is 0.0396. The van der Waals surface area contributed by atoms with Crippen molar-refractivity contribution in [3.63, 3.8) is 0 Å². The molecule has 1 aliphatic rings. The fourth-order valence-electron chi connectivity index (χ4n) is 2.94. The lowest BCUT2D eigenvalue weighted by Gasteiger charge is -2.33. The Kier molecular flexibility index (Phi) is 5.22. The van der Waals surface area contributed by atoms with Gasteiger partial charge in [-0.3, -0.25) is 4.90 Å². The van der Waals surface area contributed by atoms with Gasteiger partial charge in [-0.2, -0.15) is 0 Å². The van der Waals surface area contributed by atoms with Gasteiger partial charge in [0.1, 0.15) is 23.6 Å². The largest absolute Gasteiger partial charge is 0.373 e. The van der Waals surface area contributed by atoms with Gasteiger partial charge in [0.05, 0.1) is 12.3 Å². The second-order valence-corrected chi connectivity index (χ2v) is 5.83. The van der Waals surface area contributed by atoms with Gasteiger partial charge in [0.25, 0.3) is 0 Å². The van der Waals surface area contributed by atoms with Gasteiger partial charge in [0.15, 0.2) is 0 Å². The van der Waals surface area contributed by atoms with E-state index < -0.39 is 0 Å². The van der Waals surface area contributed by atoms with E-state index in [9.17, 15) is 0 Å². The van der Waals surface area contributed by atoms with Crippen LogP contribution >= 0.6 is 0 Å². The minimum Gasteiger partial charge on any atom is -0.373 e. The van der Waals surface area contributed by atoms with Crippen LogP contribution in [0.25, 0.3) is 0 Å². The molecule has 128 valence electrons. The molecule has 0 radical (unpaired) electrons. The summed E-state index contributed by atoms with van der Waals surface area (Å²) < 4.78 is 5.95. The quantitative estimate of drug-likeness (QED) is 0.867. The number of aryl methyl sites for hydroxylation is 1. The second-order valence-electron chi connectivity index (χ2n) is 5.83. The molecule has 0 spiro atoms. The Labute approximate surface area is 142 Å². The van der Waals surface area contributed by atoms with Crippen LogP contribution in [0.5, 0.6) is 0 Å². The van der Waals surface area contributed by atoms with E-state index in [1.165, 1.54) is 5.56 Å². The number of pyridine rings is 1. The van der Waals surface area contributed by atoms with Crippen LogP contribution in [0.3, 0.4) is 0 Å². The molecule has 2 aromatic heterocycles. The van der Waals surface area contributed by atoms with E-state index in [1.807, 2.05) is 33.2 Å². The van der Waals surface area contributed by atoms with E-state index in [2.05, 4.69) is 36.6 Å². The highest BCUT2D eigenvalue weighted by atomic mass is 16.5. The first-order chi connectivity index (χ1) is 11.7. The lowest BCUT2D eigenvalue weighted by molar-refractivity contribution is -0.0350. The summed E-state index contributed by atoms with van der Waals surface area (Å²) in [4.78, 5) is 15.7. The fraction of sp³-hybridized carbons (Fsp3) is 0.471. The van der Waals surface area contributed by atoms with Crippen LogP contribution in [-0.4, -0.2) is 53.6 Å². The molecule has 24 heavy (non-hydrogen) atoms. The average Bonchev–Trinajstić information content (AvgIpc) is 2.62. The van der Waals surface area contributed by atoms with Gasteiger partial charge < -0.3 is 15.4 Å². The van der Waals surface area contributed by atoms with Crippen LogP contribution in [0.15, 0.2) is 24.4 Å². The summed E-state index contributed by atoms with van der Waals surface area (Å²) in [6.45, 7) is 5.14. The van der Waals surface area contributed by atoms with E-state index in [1.54, 1.807) is 6.20 Å². The Balaban J connectivity index is 1.73. The molecule has 2 aromatic rings. The highest BCUT2D eigenvalue weighted by Crippen LogP contribution is 2.24. The first-order valence-corrected chi connectivity index (χ1v) is 8.18. The first kappa shape index (κ1) is 16.6. The molecule has 0 amide bonds. The number of rotatable bonds is 5. The predicted molar refractivity (Wildman–Crippen MR) is 94.1 cm³/mol. The number of aromatic nitrogens is 3. The molecule has 0 unspecified atom stereocenters. The number of hydrogen-bond acceptors (Lipinski definition) is 7. The number of hydrogen-bond donors (Lipinski definition) is 2. The fourth-order valence-corrected chi connectivity index (χ4v) is 2.94.